The first-order chi connectivity index (χ1) is 11.6. The summed E-state index contributed by atoms with van der Waals surface area (Å²) in [6.07, 6.45) is -5.26. The van der Waals surface area contributed by atoms with Crippen LogP contribution in [0.2, 0.25) is 5.02 Å². The van der Waals surface area contributed by atoms with Crippen molar-refractivity contribution in [3.8, 4) is 5.69 Å². The van der Waals surface area contributed by atoms with Gasteiger partial charge in [-0.05, 0) is 19.1 Å². The van der Waals surface area contributed by atoms with Crippen LogP contribution in [-0.4, -0.2) is 39.0 Å². The van der Waals surface area contributed by atoms with Crippen LogP contribution in [0.25, 0.3) is 5.69 Å². The number of nitrogens with zero attached hydrogens (tertiary/aromatic N) is 2. The van der Waals surface area contributed by atoms with Gasteiger partial charge in [-0.2, -0.15) is 18.3 Å². The second kappa shape index (κ2) is 7.14. The maximum atomic E-state index is 12.4. The summed E-state index contributed by atoms with van der Waals surface area (Å²) >= 11 is 6.05. The minimum atomic E-state index is -4.73. The van der Waals surface area contributed by atoms with Crippen molar-refractivity contribution in [3.63, 3.8) is 0 Å². The van der Waals surface area contributed by atoms with Crippen molar-refractivity contribution in [1.29, 1.82) is 0 Å². The van der Waals surface area contributed by atoms with Gasteiger partial charge >= 0.3 is 12.1 Å². The maximum Gasteiger partial charge on any atom is 0.391 e. The molecule has 25 heavy (non-hydrogen) atoms. The minimum Gasteiger partial charge on any atom is -0.480 e. The van der Waals surface area contributed by atoms with Gasteiger partial charge in [0.05, 0.1) is 34.6 Å². The number of benzene rings is 1. The third-order valence-corrected chi connectivity index (χ3v) is 3.69. The second-order valence-corrected chi connectivity index (χ2v) is 5.60. The lowest BCUT2D eigenvalue weighted by Gasteiger charge is -2.16. The molecule has 2 aromatic rings. The fourth-order valence-electron chi connectivity index (χ4n) is 2.17. The highest BCUT2D eigenvalue weighted by Crippen LogP contribution is 2.23. The Kier molecular flexibility index (Phi) is 5.36. The summed E-state index contributed by atoms with van der Waals surface area (Å²) in [5, 5.41) is 15.1. The summed E-state index contributed by atoms with van der Waals surface area (Å²) in [5.74, 6) is -2.74. The normalized spacial score (nSPS) is 12.7. The molecular formula is C15H13ClF3N3O3. The van der Waals surface area contributed by atoms with Crippen LogP contribution in [-0.2, 0) is 4.79 Å². The molecule has 134 valence electrons. The number of halogens is 4. The number of alkyl halides is 3. The first-order valence-electron chi connectivity index (χ1n) is 7.00. The van der Waals surface area contributed by atoms with Crippen LogP contribution in [0, 0.1) is 6.92 Å². The molecular weight excluding hydrogens is 363 g/mol. The van der Waals surface area contributed by atoms with E-state index in [-0.39, 0.29) is 5.56 Å². The van der Waals surface area contributed by atoms with Gasteiger partial charge in [0.1, 0.15) is 6.04 Å². The van der Waals surface area contributed by atoms with Gasteiger partial charge in [-0.25, -0.2) is 9.48 Å². The third kappa shape index (κ3) is 4.50. The zero-order chi connectivity index (χ0) is 18.8. The van der Waals surface area contributed by atoms with Crippen molar-refractivity contribution in [3.05, 3.63) is 46.7 Å². The summed E-state index contributed by atoms with van der Waals surface area (Å²) in [5.41, 5.74) is 0.737. The van der Waals surface area contributed by atoms with Gasteiger partial charge in [-0.1, -0.05) is 23.7 Å². The smallest absolute Gasteiger partial charge is 0.391 e. The Bertz CT molecular complexity index is 805. The molecule has 2 N–H and O–H groups in total. The predicted molar refractivity (Wildman–Crippen MR) is 82.9 cm³/mol. The molecule has 0 spiro atoms. The Morgan fingerprint density at radius 2 is 2.00 bits per heavy atom. The van der Waals surface area contributed by atoms with E-state index in [0.717, 1.165) is 6.20 Å². The molecule has 0 aliphatic carbocycles. The van der Waals surface area contributed by atoms with E-state index in [4.69, 9.17) is 16.7 Å². The number of carbonyl (C=O) groups excluding carboxylic acids is 1. The summed E-state index contributed by atoms with van der Waals surface area (Å²) in [6.45, 7) is 1.52. The number of rotatable bonds is 5. The molecule has 0 saturated carbocycles. The molecule has 0 radical (unpaired) electrons. The zero-order valence-electron chi connectivity index (χ0n) is 12.8. The summed E-state index contributed by atoms with van der Waals surface area (Å²) in [4.78, 5) is 23.1. The Hall–Kier alpha value is -2.55. The predicted octanol–water partition coefficient (Wildman–Crippen LogP) is 2.97. The molecule has 0 saturated heterocycles. The van der Waals surface area contributed by atoms with Crippen molar-refractivity contribution in [1.82, 2.24) is 15.1 Å². The van der Waals surface area contributed by atoms with Crippen LogP contribution in [0.4, 0.5) is 13.2 Å². The number of aliphatic carboxylic acids is 1. The fraction of sp³-hybridized carbons (Fsp3) is 0.267. The van der Waals surface area contributed by atoms with Crippen LogP contribution in [0.5, 0.6) is 0 Å². The molecule has 0 fully saturated rings. The van der Waals surface area contributed by atoms with Gasteiger partial charge in [0.2, 0.25) is 0 Å². The van der Waals surface area contributed by atoms with Crippen molar-refractivity contribution in [2.45, 2.75) is 25.6 Å². The molecule has 10 heteroatoms. The summed E-state index contributed by atoms with van der Waals surface area (Å²) in [6, 6.07) is 4.57. The molecule has 1 aromatic carbocycles. The van der Waals surface area contributed by atoms with E-state index in [9.17, 15) is 22.8 Å². The number of hydrogen-bond donors (Lipinski definition) is 2. The highest BCUT2D eigenvalue weighted by molar-refractivity contribution is 6.32. The van der Waals surface area contributed by atoms with Gasteiger partial charge in [0.25, 0.3) is 5.91 Å². The van der Waals surface area contributed by atoms with Crippen LogP contribution < -0.4 is 5.32 Å². The van der Waals surface area contributed by atoms with E-state index in [2.05, 4.69) is 5.10 Å². The zero-order valence-corrected chi connectivity index (χ0v) is 13.6. The van der Waals surface area contributed by atoms with E-state index in [1.807, 2.05) is 5.32 Å². The number of para-hydroxylation sites is 1. The number of nitrogens with one attached hydrogen (secondary N) is 1. The van der Waals surface area contributed by atoms with Gasteiger partial charge in [-0.15, -0.1) is 0 Å². The largest absolute Gasteiger partial charge is 0.480 e. The first kappa shape index (κ1) is 18.8. The number of amides is 1. The molecule has 0 bridgehead atoms. The van der Waals surface area contributed by atoms with Crippen LogP contribution in [0.15, 0.2) is 30.5 Å². The number of aromatic nitrogens is 2. The van der Waals surface area contributed by atoms with Gasteiger partial charge in [0.15, 0.2) is 0 Å². The Labute approximate surface area is 145 Å². The topological polar surface area (TPSA) is 84.2 Å². The highest BCUT2D eigenvalue weighted by atomic mass is 35.5. The molecule has 0 aliphatic rings. The monoisotopic (exact) mass is 375 g/mol. The lowest BCUT2D eigenvalue weighted by molar-refractivity contribution is -0.157. The molecule has 0 aliphatic heterocycles. The van der Waals surface area contributed by atoms with Gasteiger partial charge in [-0.3, -0.25) is 4.79 Å². The van der Waals surface area contributed by atoms with E-state index in [1.54, 1.807) is 24.3 Å². The number of hydrogen-bond acceptors (Lipinski definition) is 3. The molecule has 1 heterocycles. The van der Waals surface area contributed by atoms with Gasteiger partial charge in [0, 0.05) is 0 Å². The summed E-state index contributed by atoms with van der Waals surface area (Å²) in [7, 11) is 0. The van der Waals surface area contributed by atoms with Crippen LogP contribution in [0.3, 0.4) is 0 Å². The number of carboxylic acids is 1. The Balaban J connectivity index is 2.26. The van der Waals surface area contributed by atoms with Crippen molar-refractivity contribution in [2.75, 3.05) is 0 Å². The molecule has 6 nitrogen and oxygen atoms in total. The van der Waals surface area contributed by atoms with E-state index in [0.29, 0.717) is 16.4 Å². The minimum absolute atomic E-state index is 0.0478. The van der Waals surface area contributed by atoms with E-state index in [1.165, 1.54) is 11.6 Å². The standard InChI is InChI=1S/C15H13ClF3N3O3/c1-8-9(7-20-22(8)12-5-3-2-4-10(12)16)13(23)21-11(14(24)25)6-15(17,18)19/h2-5,7,11H,6H2,1H3,(H,21,23)(H,24,25). The first-order valence-corrected chi connectivity index (χ1v) is 7.38. The SMILES string of the molecule is Cc1c(C(=O)NC(CC(F)(F)F)C(=O)O)cnn1-c1ccccc1Cl. The van der Waals surface area contributed by atoms with E-state index >= 15 is 0 Å². The Morgan fingerprint density at radius 1 is 1.36 bits per heavy atom. The lowest BCUT2D eigenvalue weighted by Crippen LogP contribution is -2.43. The molecule has 1 atom stereocenters. The van der Waals surface area contributed by atoms with Crippen LogP contribution in [0.1, 0.15) is 22.5 Å². The second-order valence-electron chi connectivity index (χ2n) is 5.19. The third-order valence-electron chi connectivity index (χ3n) is 3.37. The maximum absolute atomic E-state index is 12.4. The Morgan fingerprint density at radius 3 is 2.56 bits per heavy atom. The molecule has 1 unspecified atom stereocenters. The highest BCUT2D eigenvalue weighted by Gasteiger charge is 2.36. The molecule has 1 amide bonds. The average molecular weight is 376 g/mol. The van der Waals surface area contributed by atoms with E-state index < -0.39 is 30.5 Å². The van der Waals surface area contributed by atoms with Crippen LogP contribution >= 0.6 is 11.6 Å². The van der Waals surface area contributed by atoms with Crippen molar-refractivity contribution in [2.24, 2.45) is 0 Å². The lowest BCUT2D eigenvalue weighted by atomic mass is 10.1. The molecule has 2 rings (SSSR count). The van der Waals surface area contributed by atoms with Crippen molar-refractivity contribution >= 4 is 23.5 Å². The average Bonchev–Trinajstić information content (AvgIpc) is 2.87. The van der Waals surface area contributed by atoms with Crippen molar-refractivity contribution < 1.29 is 27.9 Å². The quantitative estimate of drug-likeness (QED) is 0.841. The number of carbonyl (C=O) groups is 2. The fourth-order valence-corrected chi connectivity index (χ4v) is 2.38. The number of carboxylic acid groups (broad SMARTS) is 1. The molecule has 1 aromatic heterocycles. The van der Waals surface area contributed by atoms with Gasteiger partial charge < -0.3 is 10.4 Å². The summed E-state index contributed by atoms with van der Waals surface area (Å²) < 4.78 is 38.6.